The number of carbonyl (C=O) groups is 1. The van der Waals surface area contributed by atoms with Gasteiger partial charge in [0, 0.05) is 37.6 Å². The van der Waals surface area contributed by atoms with Gasteiger partial charge in [-0.1, -0.05) is 6.07 Å². The van der Waals surface area contributed by atoms with Crippen LogP contribution in [-0.2, 0) is 6.54 Å². The van der Waals surface area contributed by atoms with Crippen LogP contribution in [-0.4, -0.2) is 43.4 Å². The molecule has 0 aliphatic carbocycles. The van der Waals surface area contributed by atoms with Crippen molar-refractivity contribution in [3.05, 3.63) is 64.4 Å². The second-order valence-corrected chi connectivity index (χ2v) is 7.42. The van der Waals surface area contributed by atoms with E-state index in [9.17, 15) is 4.79 Å². The zero-order chi connectivity index (χ0) is 17.9. The molecule has 1 fully saturated rings. The topological polar surface area (TPSA) is 63.9 Å². The molecule has 0 aromatic carbocycles. The van der Waals surface area contributed by atoms with Crippen LogP contribution in [0, 0.1) is 6.92 Å². The summed E-state index contributed by atoms with van der Waals surface area (Å²) in [5.74, 6) is 1.58. The Morgan fingerprint density at radius 2 is 2.04 bits per heavy atom. The summed E-state index contributed by atoms with van der Waals surface area (Å²) in [6, 6.07) is 5.96. The summed E-state index contributed by atoms with van der Waals surface area (Å²) in [5.41, 5.74) is 3.59. The fourth-order valence-corrected chi connectivity index (χ4v) is 4.24. The van der Waals surface area contributed by atoms with Crippen molar-refractivity contribution in [2.45, 2.75) is 32.2 Å². The number of carbonyl (C=O) groups excluding carboxylic acids is 1. The maximum absolute atomic E-state index is 12.7. The van der Waals surface area contributed by atoms with Gasteiger partial charge in [0.15, 0.2) is 0 Å². The molecule has 0 saturated carbocycles. The number of pyridine rings is 1. The van der Waals surface area contributed by atoms with Crippen LogP contribution in [0.2, 0.25) is 0 Å². The van der Waals surface area contributed by atoms with Crippen LogP contribution in [0.5, 0.6) is 0 Å². The molecule has 1 aliphatic rings. The van der Waals surface area contributed by atoms with Crippen LogP contribution >= 0.6 is 11.3 Å². The number of thiazole rings is 1. The molecule has 0 unspecified atom stereocenters. The van der Waals surface area contributed by atoms with Crippen molar-refractivity contribution in [2.75, 3.05) is 13.1 Å². The lowest BCUT2D eigenvalue weighted by molar-refractivity contribution is 0.0714. The highest BCUT2D eigenvalue weighted by Crippen LogP contribution is 2.28. The second kappa shape index (κ2) is 7.37. The molecule has 0 atom stereocenters. The molecule has 4 rings (SSSR count). The van der Waals surface area contributed by atoms with Gasteiger partial charge in [-0.15, -0.1) is 11.3 Å². The van der Waals surface area contributed by atoms with Crippen molar-refractivity contribution < 1.29 is 4.79 Å². The van der Waals surface area contributed by atoms with E-state index in [-0.39, 0.29) is 5.91 Å². The number of hydrogen-bond acceptors (Lipinski definition) is 5. The van der Waals surface area contributed by atoms with Gasteiger partial charge < -0.3 is 9.47 Å². The summed E-state index contributed by atoms with van der Waals surface area (Å²) in [6.45, 7) is 4.15. The first-order valence-corrected chi connectivity index (χ1v) is 9.70. The van der Waals surface area contributed by atoms with Gasteiger partial charge in [-0.05, 0) is 31.9 Å². The van der Waals surface area contributed by atoms with E-state index in [4.69, 9.17) is 0 Å². The molecule has 3 aromatic rings. The highest BCUT2D eigenvalue weighted by atomic mass is 32.1. The first-order valence-electron chi connectivity index (χ1n) is 8.82. The van der Waals surface area contributed by atoms with Crippen LogP contribution in [0.25, 0.3) is 0 Å². The number of piperidine rings is 1. The van der Waals surface area contributed by atoms with Gasteiger partial charge in [0.2, 0.25) is 0 Å². The predicted molar refractivity (Wildman–Crippen MR) is 100 cm³/mol. The van der Waals surface area contributed by atoms with E-state index in [2.05, 4.69) is 19.5 Å². The third-order valence-corrected chi connectivity index (χ3v) is 5.81. The largest absolute Gasteiger partial charge is 0.338 e. The third-order valence-electron chi connectivity index (χ3n) is 4.89. The van der Waals surface area contributed by atoms with E-state index in [0.717, 1.165) is 54.6 Å². The average Bonchev–Trinajstić information content (AvgIpc) is 3.31. The van der Waals surface area contributed by atoms with Gasteiger partial charge in [-0.2, -0.15) is 0 Å². The number of rotatable bonds is 4. The first kappa shape index (κ1) is 16.9. The van der Waals surface area contributed by atoms with E-state index in [1.165, 1.54) is 11.3 Å². The minimum atomic E-state index is 0.111. The molecule has 0 spiro atoms. The molecule has 1 aliphatic heterocycles. The third kappa shape index (κ3) is 3.39. The molecule has 6 nitrogen and oxygen atoms in total. The quantitative estimate of drug-likeness (QED) is 0.711. The molecule has 134 valence electrons. The van der Waals surface area contributed by atoms with Crippen LogP contribution in [0.4, 0.5) is 0 Å². The zero-order valence-electron chi connectivity index (χ0n) is 14.7. The zero-order valence-corrected chi connectivity index (χ0v) is 15.5. The maximum Gasteiger partial charge on any atom is 0.265 e. The Bertz CT molecular complexity index is 880. The van der Waals surface area contributed by atoms with Crippen molar-refractivity contribution in [2.24, 2.45) is 0 Å². The summed E-state index contributed by atoms with van der Waals surface area (Å²) < 4.78 is 2.18. The Kier molecular flexibility index (Phi) is 4.79. The van der Waals surface area contributed by atoms with Gasteiger partial charge >= 0.3 is 0 Å². The fraction of sp³-hybridized carbons (Fsp3) is 0.368. The standard InChI is InChI=1S/C19H21N5OS/c1-14-17(26-13-22-14)19(25)23-9-5-15(6-10-23)18-21-8-11-24(18)12-16-4-2-3-7-20-16/h2-4,7-8,11,13,15H,5-6,9-10,12H2,1H3. The van der Waals surface area contributed by atoms with E-state index in [1.807, 2.05) is 48.6 Å². The predicted octanol–water partition coefficient (Wildman–Crippen LogP) is 3.11. The monoisotopic (exact) mass is 367 g/mol. The maximum atomic E-state index is 12.7. The van der Waals surface area contributed by atoms with Crippen molar-refractivity contribution >= 4 is 17.2 Å². The molecular weight excluding hydrogens is 346 g/mol. The SMILES string of the molecule is Cc1ncsc1C(=O)N1CCC(c2nccn2Cc2ccccn2)CC1. The highest BCUT2D eigenvalue weighted by molar-refractivity contribution is 7.11. The lowest BCUT2D eigenvalue weighted by Gasteiger charge is -2.31. The number of likely N-dealkylation sites (tertiary alicyclic amines) is 1. The van der Waals surface area contributed by atoms with Gasteiger partial charge in [0.1, 0.15) is 10.7 Å². The smallest absolute Gasteiger partial charge is 0.265 e. The Morgan fingerprint density at radius 3 is 2.73 bits per heavy atom. The molecule has 4 heterocycles. The van der Waals surface area contributed by atoms with Crippen molar-refractivity contribution in [3.63, 3.8) is 0 Å². The molecule has 3 aromatic heterocycles. The molecule has 1 saturated heterocycles. The first-order chi connectivity index (χ1) is 12.7. The van der Waals surface area contributed by atoms with Gasteiger partial charge in [0.25, 0.3) is 5.91 Å². The number of hydrogen-bond donors (Lipinski definition) is 0. The van der Waals surface area contributed by atoms with Crippen LogP contribution < -0.4 is 0 Å². The number of amides is 1. The van der Waals surface area contributed by atoms with Crippen LogP contribution in [0.1, 0.15) is 45.6 Å². The Hall–Kier alpha value is -2.54. The van der Waals surface area contributed by atoms with E-state index < -0.39 is 0 Å². The van der Waals surface area contributed by atoms with E-state index >= 15 is 0 Å². The highest BCUT2D eigenvalue weighted by Gasteiger charge is 2.28. The van der Waals surface area contributed by atoms with Gasteiger partial charge in [-0.3, -0.25) is 9.78 Å². The molecular formula is C19H21N5OS. The van der Waals surface area contributed by atoms with E-state index in [1.54, 1.807) is 5.51 Å². The molecule has 7 heteroatoms. The molecule has 0 N–H and O–H groups in total. The van der Waals surface area contributed by atoms with Crippen LogP contribution in [0.3, 0.4) is 0 Å². The Labute approximate surface area is 156 Å². The Morgan fingerprint density at radius 1 is 1.19 bits per heavy atom. The summed E-state index contributed by atoms with van der Waals surface area (Å²) in [6.07, 6.45) is 7.56. The minimum Gasteiger partial charge on any atom is -0.338 e. The minimum absolute atomic E-state index is 0.111. The normalized spacial score (nSPS) is 15.3. The van der Waals surface area contributed by atoms with Crippen molar-refractivity contribution in [1.82, 2.24) is 24.4 Å². The van der Waals surface area contributed by atoms with Gasteiger partial charge in [0.05, 0.1) is 23.4 Å². The number of imidazole rings is 1. The van der Waals surface area contributed by atoms with Gasteiger partial charge in [-0.25, -0.2) is 9.97 Å². The summed E-state index contributed by atoms with van der Waals surface area (Å²) >= 11 is 1.43. The second-order valence-electron chi connectivity index (χ2n) is 6.57. The molecule has 26 heavy (non-hydrogen) atoms. The number of aromatic nitrogens is 4. The van der Waals surface area contributed by atoms with E-state index in [0.29, 0.717) is 5.92 Å². The summed E-state index contributed by atoms with van der Waals surface area (Å²) in [7, 11) is 0. The van der Waals surface area contributed by atoms with Crippen molar-refractivity contribution in [1.29, 1.82) is 0 Å². The summed E-state index contributed by atoms with van der Waals surface area (Å²) in [5, 5.41) is 0. The molecule has 0 bridgehead atoms. The molecule has 0 radical (unpaired) electrons. The lowest BCUT2D eigenvalue weighted by Crippen LogP contribution is -2.38. The molecule has 1 amide bonds. The van der Waals surface area contributed by atoms with Crippen molar-refractivity contribution in [3.8, 4) is 0 Å². The Balaban J connectivity index is 1.42. The lowest BCUT2D eigenvalue weighted by atomic mass is 9.95. The summed E-state index contributed by atoms with van der Waals surface area (Å²) in [4.78, 5) is 28.6. The average molecular weight is 367 g/mol. The number of nitrogens with zero attached hydrogens (tertiary/aromatic N) is 5. The fourth-order valence-electron chi connectivity index (χ4n) is 3.47. The number of aryl methyl sites for hydroxylation is 1. The van der Waals surface area contributed by atoms with Crippen LogP contribution in [0.15, 0.2) is 42.3 Å².